The van der Waals surface area contributed by atoms with E-state index in [1.807, 2.05) is 12.1 Å². The van der Waals surface area contributed by atoms with Crippen molar-refractivity contribution >= 4 is 18.3 Å². The van der Waals surface area contributed by atoms with E-state index in [1.54, 1.807) is 0 Å². The van der Waals surface area contributed by atoms with Gasteiger partial charge in [0.15, 0.2) is 0 Å². The van der Waals surface area contributed by atoms with Gasteiger partial charge in [0, 0.05) is 30.5 Å². The van der Waals surface area contributed by atoms with Crippen LogP contribution >= 0.6 is 12.4 Å². The van der Waals surface area contributed by atoms with E-state index >= 15 is 0 Å². The summed E-state index contributed by atoms with van der Waals surface area (Å²) in [5.74, 6) is 0.527. The summed E-state index contributed by atoms with van der Waals surface area (Å²) in [5, 5.41) is 6.81. The second-order valence-electron chi connectivity index (χ2n) is 8.10. The van der Waals surface area contributed by atoms with Gasteiger partial charge in [0.05, 0.1) is 0 Å². The average Bonchev–Trinajstić information content (AvgIpc) is 2.86. The molecule has 0 aromatic heterocycles. The van der Waals surface area contributed by atoms with Gasteiger partial charge in [-0.2, -0.15) is 0 Å². The lowest BCUT2D eigenvalue weighted by molar-refractivity contribution is -0.122. The lowest BCUT2D eigenvalue weighted by Gasteiger charge is -2.42. The van der Waals surface area contributed by atoms with Crippen LogP contribution in [0.5, 0.6) is 0 Å². The lowest BCUT2D eigenvalue weighted by atomic mass is 9.64. The van der Waals surface area contributed by atoms with E-state index in [0.29, 0.717) is 31.0 Å². The Morgan fingerprint density at radius 2 is 1.80 bits per heavy atom. The van der Waals surface area contributed by atoms with Crippen LogP contribution in [0.3, 0.4) is 0 Å². The maximum absolute atomic E-state index is 13.2. The number of carbonyl (C=O) groups excluding carboxylic acids is 1. The highest BCUT2D eigenvalue weighted by Gasteiger charge is 2.39. The topological polar surface area (TPSA) is 41.1 Å². The molecule has 2 N–H and O–H groups in total. The van der Waals surface area contributed by atoms with Gasteiger partial charge in [0.25, 0.3) is 0 Å². The van der Waals surface area contributed by atoms with Crippen molar-refractivity contribution in [2.75, 3.05) is 6.54 Å². The minimum absolute atomic E-state index is 0. The molecule has 4 rings (SSSR count). The predicted octanol–water partition coefficient (Wildman–Crippen LogP) is 3.71. The van der Waals surface area contributed by atoms with Crippen LogP contribution in [0.1, 0.15) is 56.9 Å². The van der Waals surface area contributed by atoms with Gasteiger partial charge < -0.3 is 10.6 Å². The van der Waals surface area contributed by atoms with Crippen molar-refractivity contribution in [3.8, 4) is 0 Å². The van der Waals surface area contributed by atoms with Crippen LogP contribution < -0.4 is 10.6 Å². The highest BCUT2D eigenvalue weighted by atomic mass is 35.5. The summed E-state index contributed by atoms with van der Waals surface area (Å²) >= 11 is 0. The van der Waals surface area contributed by atoms with E-state index < -0.39 is 0 Å². The first-order valence-electron chi connectivity index (χ1n) is 9.42. The molecule has 2 saturated heterocycles. The van der Waals surface area contributed by atoms with Crippen LogP contribution in [0.25, 0.3) is 0 Å². The molecule has 2 heterocycles. The smallest absolute Gasteiger partial charge is 0.220 e. The third-order valence-corrected chi connectivity index (χ3v) is 6.44. The fourth-order valence-corrected chi connectivity index (χ4v) is 4.92. The Hall–Kier alpha value is -1.13. The second-order valence-corrected chi connectivity index (χ2v) is 8.10. The van der Waals surface area contributed by atoms with Crippen molar-refractivity contribution < 1.29 is 9.18 Å². The SMILES string of the molecule is Cl.O=C(CC1CC2CCC(C1)N2)NCC1(c2ccc(F)cc2)CCC1. The minimum atomic E-state index is -0.196. The number of hydrogen-bond donors (Lipinski definition) is 2. The quantitative estimate of drug-likeness (QED) is 0.834. The zero-order valence-electron chi connectivity index (χ0n) is 14.6. The molecule has 5 heteroatoms. The van der Waals surface area contributed by atoms with Crippen molar-refractivity contribution in [1.82, 2.24) is 10.6 Å². The number of halogens is 2. The van der Waals surface area contributed by atoms with Crippen molar-refractivity contribution in [3.05, 3.63) is 35.6 Å². The van der Waals surface area contributed by atoms with E-state index in [9.17, 15) is 9.18 Å². The van der Waals surface area contributed by atoms with Crippen LogP contribution in [0.2, 0.25) is 0 Å². The zero-order valence-corrected chi connectivity index (χ0v) is 15.4. The van der Waals surface area contributed by atoms with Gasteiger partial charge >= 0.3 is 0 Å². The van der Waals surface area contributed by atoms with E-state index in [1.165, 1.54) is 31.4 Å². The lowest BCUT2D eigenvalue weighted by Crippen LogP contribution is -2.46. The molecule has 25 heavy (non-hydrogen) atoms. The van der Waals surface area contributed by atoms with Gasteiger partial charge in [-0.25, -0.2) is 4.39 Å². The van der Waals surface area contributed by atoms with Crippen LogP contribution in [0.4, 0.5) is 4.39 Å². The summed E-state index contributed by atoms with van der Waals surface area (Å²) in [6.07, 6.45) is 8.85. The highest BCUT2D eigenvalue weighted by molar-refractivity contribution is 5.85. The highest BCUT2D eigenvalue weighted by Crippen LogP contribution is 2.43. The van der Waals surface area contributed by atoms with Crippen molar-refractivity contribution in [2.45, 2.75) is 68.9 Å². The Kier molecular flexibility index (Phi) is 5.69. The number of piperidine rings is 1. The molecule has 3 aliphatic rings. The maximum Gasteiger partial charge on any atom is 0.220 e. The van der Waals surface area contributed by atoms with E-state index in [4.69, 9.17) is 0 Å². The van der Waals surface area contributed by atoms with Crippen LogP contribution in [0, 0.1) is 11.7 Å². The summed E-state index contributed by atoms with van der Waals surface area (Å²) in [6.45, 7) is 0.690. The van der Waals surface area contributed by atoms with E-state index in [0.717, 1.165) is 31.2 Å². The zero-order chi connectivity index (χ0) is 16.6. The second kappa shape index (κ2) is 7.63. The molecule has 2 atom stereocenters. The molecule has 2 bridgehead atoms. The molecule has 1 aliphatic carbocycles. The van der Waals surface area contributed by atoms with E-state index in [-0.39, 0.29) is 29.5 Å². The molecule has 2 aliphatic heterocycles. The molecular formula is C20H28ClFN2O. The van der Waals surface area contributed by atoms with Gasteiger partial charge in [-0.1, -0.05) is 18.6 Å². The molecule has 0 spiro atoms. The number of benzene rings is 1. The van der Waals surface area contributed by atoms with E-state index in [2.05, 4.69) is 10.6 Å². The van der Waals surface area contributed by atoms with Gasteiger partial charge in [-0.05, 0) is 62.1 Å². The summed E-state index contributed by atoms with van der Waals surface area (Å²) in [4.78, 5) is 12.4. The Labute approximate surface area is 155 Å². The van der Waals surface area contributed by atoms with Gasteiger partial charge in [-0.3, -0.25) is 4.79 Å². The Morgan fingerprint density at radius 3 is 2.36 bits per heavy atom. The first-order valence-corrected chi connectivity index (χ1v) is 9.42. The molecule has 138 valence electrons. The predicted molar refractivity (Wildman–Crippen MR) is 99.5 cm³/mol. The third kappa shape index (κ3) is 4.01. The molecule has 3 fully saturated rings. The van der Waals surface area contributed by atoms with Crippen LogP contribution in [0.15, 0.2) is 24.3 Å². The molecule has 1 aromatic carbocycles. The van der Waals surface area contributed by atoms with Crippen molar-refractivity contribution in [2.24, 2.45) is 5.92 Å². The first-order chi connectivity index (χ1) is 11.6. The average molecular weight is 367 g/mol. The summed E-state index contributed by atoms with van der Waals surface area (Å²) < 4.78 is 13.2. The maximum atomic E-state index is 13.2. The van der Waals surface area contributed by atoms with Crippen molar-refractivity contribution in [1.29, 1.82) is 0 Å². The number of amides is 1. The molecular weight excluding hydrogens is 339 g/mol. The van der Waals surface area contributed by atoms with Gasteiger partial charge in [0.1, 0.15) is 5.82 Å². The standard InChI is InChI=1S/C20H27FN2O.ClH/c21-16-4-2-15(3-5-16)20(8-1-9-20)13-22-19(24)12-14-10-17-6-7-18(11-14)23-17;/h2-5,14,17-18,23H,1,6-13H2,(H,22,24);1H. The van der Waals surface area contributed by atoms with Crippen LogP contribution in [-0.4, -0.2) is 24.5 Å². The molecule has 0 radical (unpaired) electrons. The van der Waals surface area contributed by atoms with Crippen LogP contribution in [-0.2, 0) is 10.2 Å². The Bertz CT molecular complexity index is 590. The normalized spacial score (nSPS) is 29.4. The summed E-state index contributed by atoms with van der Waals surface area (Å²) in [7, 11) is 0. The van der Waals surface area contributed by atoms with Gasteiger partial charge in [-0.15, -0.1) is 12.4 Å². The largest absolute Gasteiger partial charge is 0.355 e. The van der Waals surface area contributed by atoms with Gasteiger partial charge in [0.2, 0.25) is 5.91 Å². The fourth-order valence-electron chi connectivity index (χ4n) is 4.92. The number of carbonyl (C=O) groups is 1. The summed E-state index contributed by atoms with van der Waals surface area (Å²) in [5.41, 5.74) is 1.19. The minimum Gasteiger partial charge on any atom is -0.355 e. The molecule has 2 unspecified atom stereocenters. The Morgan fingerprint density at radius 1 is 1.16 bits per heavy atom. The summed E-state index contributed by atoms with van der Waals surface area (Å²) in [6, 6.07) is 8.10. The number of nitrogens with one attached hydrogen (secondary N) is 2. The molecule has 1 aromatic rings. The number of hydrogen-bond acceptors (Lipinski definition) is 2. The third-order valence-electron chi connectivity index (χ3n) is 6.44. The Balaban J connectivity index is 0.00000182. The number of fused-ring (bicyclic) bond motifs is 2. The molecule has 1 amide bonds. The molecule has 1 saturated carbocycles. The van der Waals surface area contributed by atoms with Crippen molar-refractivity contribution in [3.63, 3.8) is 0 Å². The fraction of sp³-hybridized carbons (Fsp3) is 0.650. The first kappa shape index (κ1) is 18.7. The monoisotopic (exact) mass is 366 g/mol. The molecule has 3 nitrogen and oxygen atoms in total. The number of rotatable bonds is 5.